The number of benzene rings is 2. The second kappa shape index (κ2) is 7.07. The summed E-state index contributed by atoms with van der Waals surface area (Å²) >= 11 is 0. The summed E-state index contributed by atoms with van der Waals surface area (Å²) < 4.78 is 19.3. The quantitative estimate of drug-likeness (QED) is 0.689. The fraction of sp³-hybridized carbons (Fsp3) is 0.286. The third-order valence-corrected chi connectivity index (χ3v) is 5.07. The van der Waals surface area contributed by atoms with Gasteiger partial charge in [0.15, 0.2) is 5.82 Å². The van der Waals surface area contributed by atoms with Crippen molar-refractivity contribution in [3.63, 3.8) is 0 Å². The molecule has 0 saturated carbocycles. The van der Waals surface area contributed by atoms with Crippen LogP contribution < -0.4 is 9.80 Å². The van der Waals surface area contributed by atoms with E-state index in [-0.39, 0.29) is 24.1 Å². The maximum absolute atomic E-state index is 13.9. The molecule has 1 atom stereocenters. The largest absolute Gasteiger partial charge is 0.378 e. The molecule has 1 unspecified atom stereocenters. The van der Waals surface area contributed by atoms with Gasteiger partial charge in [0.2, 0.25) is 5.91 Å². The summed E-state index contributed by atoms with van der Waals surface area (Å²) in [7, 11) is 3.93. The van der Waals surface area contributed by atoms with Crippen LogP contribution in [0.25, 0.3) is 11.5 Å². The van der Waals surface area contributed by atoms with Crippen molar-refractivity contribution in [3.05, 3.63) is 59.7 Å². The topological polar surface area (TPSA) is 62.5 Å². The Morgan fingerprint density at radius 3 is 2.79 bits per heavy atom. The van der Waals surface area contributed by atoms with E-state index >= 15 is 0 Å². The summed E-state index contributed by atoms with van der Waals surface area (Å²) in [5, 5.41) is 4.10. The van der Waals surface area contributed by atoms with Gasteiger partial charge < -0.3 is 14.3 Å². The minimum atomic E-state index is -0.323. The molecule has 1 amide bonds. The monoisotopic (exact) mass is 380 g/mol. The Bertz CT molecular complexity index is 1030. The summed E-state index contributed by atoms with van der Waals surface area (Å²) in [5.41, 5.74) is 2.91. The van der Waals surface area contributed by atoms with E-state index < -0.39 is 0 Å². The van der Waals surface area contributed by atoms with E-state index in [9.17, 15) is 9.18 Å². The smallest absolute Gasteiger partial charge is 0.258 e. The van der Waals surface area contributed by atoms with Gasteiger partial charge in [-0.2, -0.15) is 4.98 Å². The summed E-state index contributed by atoms with van der Waals surface area (Å²) in [6.07, 6.45) is 0.271. The van der Waals surface area contributed by atoms with Crippen molar-refractivity contribution in [2.75, 3.05) is 30.4 Å². The molecule has 1 fully saturated rings. The molecule has 4 rings (SSSR count). The van der Waals surface area contributed by atoms with Gasteiger partial charge in [0, 0.05) is 55.5 Å². The van der Waals surface area contributed by atoms with Crippen LogP contribution in [0.2, 0.25) is 0 Å². The van der Waals surface area contributed by atoms with Gasteiger partial charge in [-0.1, -0.05) is 17.3 Å². The molecule has 2 aromatic carbocycles. The Morgan fingerprint density at radius 1 is 1.21 bits per heavy atom. The number of carbonyl (C=O) groups excluding carboxylic acids is 1. The number of amides is 1. The zero-order valence-electron chi connectivity index (χ0n) is 16.0. The lowest BCUT2D eigenvalue weighted by atomic mass is 10.1. The fourth-order valence-electron chi connectivity index (χ4n) is 3.44. The molecule has 0 spiro atoms. The van der Waals surface area contributed by atoms with Crippen molar-refractivity contribution in [2.24, 2.45) is 0 Å². The number of hydrogen-bond acceptors (Lipinski definition) is 5. The van der Waals surface area contributed by atoms with Crippen LogP contribution in [-0.2, 0) is 4.79 Å². The van der Waals surface area contributed by atoms with Gasteiger partial charge in [-0.3, -0.25) is 4.79 Å². The molecule has 6 nitrogen and oxygen atoms in total. The minimum absolute atomic E-state index is 0.0698. The van der Waals surface area contributed by atoms with Gasteiger partial charge in [0.25, 0.3) is 5.89 Å². The molecule has 0 aliphatic carbocycles. The standard InChI is InChI=1S/C21H21FN4O2/c1-13-17(22)8-5-9-18(13)26-12-15(11-19(26)27)20-23-21(28-24-20)14-6-4-7-16(10-14)25(2)3/h4-10,15H,11-12H2,1-3H3. The first kappa shape index (κ1) is 18.2. The van der Waals surface area contributed by atoms with E-state index in [1.807, 2.05) is 43.3 Å². The van der Waals surface area contributed by atoms with E-state index in [0.29, 0.717) is 29.5 Å². The lowest BCUT2D eigenvalue weighted by Gasteiger charge is -2.18. The predicted molar refractivity (Wildman–Crippen MR) is 105 cm³/mol. The highest BCUT2D eigenvalue weighted by atomic mass is 19.1. The SMILES string of the molecule is Cc1c(F)cccc1N1CC(c2noc(-c3cccc(N(C)C)c3)n2)CC1=O. The normalized spacial score (nSPS) is 16.6. The predicted octanol–water partition coefficient (Wildman–Crippen LogP) is 3.77. The first-order valence-electron chi connectivity index (χ1n) is 9.11. The molecule has 3 aromatic rings. The average Bonchev–Trinajstić information content (AvgIpc) is 3.31. The highest BCUT2D eigenvalue weighted by molar-refractivity contribution is 5.97. The van der Waals surface area contributed by atoms with Gasteiger partial charge in [-0.25, -0.2) is 4.39 Å². The maximum Gasteiger partial charge on any atom is 0.258 e. The van der Waals surface area contributed by atoms with E-state index in [2.05, 4.69) is 10.1 Å². The number of rotatable bonds is 4. The summed E-state index contributed by atoms with van der Waals surface area (Å²) in [4.78, 5) is 20.6. The second-order valence-corrected chi connectivity index (χ2v) is 7.19. The van der Waals surface area contributed by atoms with Crippen molar-refractivity contribution in [3.8, 4) is 11.5 Å². The van der Waals surface area contributed by atoms with Crippen LogP contribution in [0.1, 0.15) is 23.7 Å². The van der Waals surface area contributed by atoms with Gasteiger partial charge in [-0.15, -0.1) is 0 Å². The number of carbonyl (C=O) groups is 1. The molecular formula is C21H21FN4O2. The number of hydrogen-bond donors (Lipinski definition) is 0. The average molecular weight is 380 g/mol. The van der Waals surface area contributed by atoms with Crippen LogP contribution in [0.4, 0.5) is 15.8 Å². The van der Waals surface area contributed by atoms with Crippen LogP contribution in [-0.4, -0.2) is 36.7 Å². The first-order valence-corrected chi connectivity index (χ1v) is 9.11. The Balaban J connectivity index is 1.58. The third kappa shape index (κ3) is 3.24. The van der Waals surface area contributed by atoms with Crippen molar-refractivity contribution >= 4 is 17.3 Å². The van der Waals surface area contributed by atoms with E-state index in [4.69, 9.17) is 4.52 Å². The molecule has 1 aliphatic rings. The summed E-state index contributed by atoms with van der Waals surface area (Å²) in [5.74, 6) is 0.336. The number of anilines is 2. The van der Waals surface area contributed by atoms with E-state index in [1.54, 1.807) is 24.0 Å². The molecule has 1 aromatic heterocycles. The number of halogens is 1. The van der Waals surface area contributed by atoms with Gasteiger partial charge in [-0.05, 0) is 37.3 Å². The molecule has 0 N–H and O–H groups in total. The lowest BCUT2D eigenvalue weighted by Crippen LogP contribution is -2.25. The van der Waals surface area contributed by atoms with Gasteiger partial charge in [0.05, 0.1) is 0 Å². The second-order valence-electron chi connectivity index (χ2n) is 7.19. The number of aromatic nitrogens is 2. The Morgan fingerprint density at radius 2 is 2.00 bits per heavy atom. The van der Waals surface area contributed by atoms with E-state index in [1.165, 1.54) is 6.07 Å². The van der Waals surface area contributed by atoms with Crippen LogP contribution >= 0.6 is 0 Å². The molecule has 2 heterocycles. The van der Waals surface area contributed by atoms with Gasteiger partial charge >= 0.3 is 0 Å². The summed E-state index contributed by atoms with van der Waals surface area (Å²) in [6.45, 7) is 2.08. The highest BCUT2D eigenvalue weighted by Crippen LogP contribution is 2.34. The zero-order chi connectivity index (χ0) is 19.8. The Hall–Kier alpha value is -3.22. The Labute approximate surface area is 162 Å². The minimum Gasteiger partial charge on any atom is -0.378 e. The first-order chi connectivity index (χ1) is 13.4. The molecule has 1 aliphatic heterocycles. The van der Waals surface area contributed by atoms with Crippen LogP contribution in [0.3, 0.4) is 0 Å². The lowest BCUT2D eigenvalue weighted by molar-refractivity contribution is -0.117. The zero-order valence-corrected chi connectivity index (χ0v) is 16.0. The molecule has 7 heteroatoms. The van der Waals surface area contributed by atoms with Crippen LogP contribution in [0.15, 0.2) is 47.0 Å². The molecule has 1 saturated heterocycles. The molecule has 0 radical (unpaired) electrons. The van der Waals surface area contributed by atoms with Crippen LogP contribution in [0.5, 0.6) is 0 Å². The van der Waals surface area contributed by atoms with Gasteiger partial charge in [0.1, 0.15) is 5.82 Å². The molecule has 28 heavy (non-hydrogen) atoms. The maximum atomic E-state index is 13.9. The van der Waals surface area contributed by atoms with Crippen molar-refractivity contribution in [2.45, 2.75) is 19.3 Å². The Kier molecular flexibility index (Phi) is 4.58. The fourth-order valence-corrected chi connectivity index (χ4v) is 3.44. The third-order valence-electron chi connectivity index (χ3n) is 5.07. The summed E-state index contributed by atoms with van der Waals surface area (Å²) in [6, 6.07) is 12.6. The molecular weight excluding hydrogens is 359 g/mol. The van der Waals surface area contributed by atoms with Crippen molar-refractivity contribution in [1.82, 2.24) is 10.1 Å². The highest BCUT2D eigenvalue weighted by Gasteiger charge is 2.35. The van der Waals surface area contributed by atoms with E-state index in [0.717, 1.165) is 11.3 Å². The molecule has 144 valence electrons. The van der Waals surface area contributed by atoms with Crippen molar-refractivity contribution in [1.29, 1.82) is 0 Å². The van der Waals surface area contributed by atoms with Crippen LogP contribution in [0, 0.1) is 12.7 Å². The molecule has 0 bridgehead atoms. The van der Waals surface area contributed by atoms with Crippen molar-refractivity contribution < 1.29 is 13.7 Å². The number of nitrogens with zero attached hydrogens (tertiary/aromatic N) is 4.